The second-order valence-corrected chi connectivity index (χ2v) is 5.78. The summed E-state index contributed by atoms with van der Waals surface area (Å²) in [5.41, 5.74) is 0. The normalized spacial score (nSPS) is 10.9. The van der Waals surface area contributed by atoms with Gasteiger partial charge in [-0.3, -0.25) is 0 Å². The number of thiophene rings is 1. The van der Waals surface area contributed by atoms with Crippen molar-refractivity contribution in [3.63, 3.8) is 0 Å². The molecular weight excluding hydrogens is 255 g/mol. The van der Waals surface area contributed by atoms with Crippen LogP contribution in [0.5, 0.6) is 0 Å². The Bertz CT molecular complexity index is 390. The Morgan fingerprint density at radius 2 is 1.86 bits per heavy atom. The van der Waals surface area contributed by atoms with E-state index in [1.165, 1.54) is 9.34 Å². The topological polar surface area (TPSA) is 0 Å². The average molecular weight is 265 g/mol. The van der Waals surface area contributed by atoms with E-state index >= 15 is 0 Å². The zero-order chi connectivity index (χ0) is 9.64. The van der Waals surface area contributed by atoms with E-state index < -0.39 is 0 Å². The van der Waals surface area contributed by atoms with Crippen LogP contribution in [0.1, 0.15) is 4.88 Å². The molecule has 0 bridgehead atoms. The van der Waals surface area contributed by atoms with Crippen molar-refractivity contribution >= 4 is 36.8 Å². The summed E-state index contributed by atoms with van der Waals surface area (Å²) in [5.74, 6) is 0. The molecule has 0 aliphatic heterocycles. The Morgan fingerprint density at radius 3 is 2.57 bits per heavy atom. The van der Waals surface area contributed by atoms with Crippen molar-refractivity contribution < 1.29 is 0 Å². The summed E-state index contributed by atoms with van der Waals surface area (Å²) in [6, 6.07) is 14.8. The zero-order valence-corrected chi connectivity index (χ0v) is 10.1. The number of benzene rings is 1. The van der Waals surface area contributed by atoms with Crippen LogP contribution in [0.4, 0.5) is 0 Å². The van der Waals surface area contributed by atoms with Gasteiger partial charge in [0, 0.05) is 0 Å². The van der Waals surface area contributed by atoms with Gasteiger partial charge in [-0.2, -0.15) is 0 Å². The van der Waals surface area contributed by atoms with Crippen LogP contribution in [0.15, 0.2) is 52.8 Å². The molecule has 2 heteroatoms. The standard InChI is InChI=1S/C12H10SSe/c1-2-6-12(7-3-1)14-10-8-11-5-4-9-13-11/h1-10H/b10-8+. The van der Waals surface area contributed by atoms with Crippen molar-refractivity contribution in [1.82, 2.24) is 0 Å². The van der Waals surface area contributed by atoms with Crippen LogP contribution in [0.3, 0.4) is 0 Å². The van der Waals surface area contributed by atoms with Gasteiger partial charge in [-0.15, -0.1) is 0 Å². The van der Waals surface area contributed by atoms with Crippen molar-refractivity contribution in [2.45, 2.75) is 0 Å². The number of rotatable bonds is 3. The monoisotopic (exact) mass is 266 g/mol. The second kappa shape index (κ2) is 5.16. The summed E-state index contributed by atoms with van der Waals surface area (Å²) in [6.45, 7) is 0. The van der Waals surface area contributed by atoms with Crippen LogP contribution >= 0.6 is 11.3 Å². The van der Waals surface area contributed by atoms with Crippen molar-refractivity contribution in [2.75, 3.05) is 0 Å². The van der Waals surface area contributed by atoms with Crippen LogP contribution in [-0.4, -0.2) is 15.0 Å². The maximum absolute atomic E-state index is 2.27. The van der Waals surface area contributed by atoms with Gasteiger partial charge in [0.25, 0.3) is 0 Å². The van der Waals surface area contributed by atoms with E-state index in [2.05, 4.69) is 58.9 Å². The minimum absolute atomic E-state index is 0.464. The van der Waals surface area contributed by atoms with Crippen LogP contribution in [0.25, 0.3) is 6.08 Å². The van der Waals surface area contributed by atoms with Gasteiger partial charge >= 0.3 is 94.5 Å². The first kappa shape index (κ1) is 9.72. The molecule has 0 aliphatic carbocycles. The average Bonchev–Trinajstić information content (AvgIpc) is 2.72. The van der Waals surface area contributed by atoms with Gasteiger partial charge in [-0.05, 0) is 0 Å². The summed E-state index contributed by atoms with van der Waals surface area (Å²) >= 11 is 2.24. The van der Waals surface area contributed by atoms with Crippen molar-refractivity contribution in [3.8, 4) is 0 Å². The fraction of sp³-hybridized carbons (Fsp3) is 0. The summed E-state index contributed by atoms with van der Waals surface area (Å²) in [6.07, 6.45) is 2.21. The molecule has 0 unspecified atom stereocenters. The maximum atomic E-state index is 2.27. The fourth-order valence-electron chi connectivity index (χ4n) is 1.06. The summed E-state index contributed by atoms with van der Waals surface area (Å²) in [7, 11) is 0. The number of hydrogen-bond acceptors (Lipinski definition) is 1. The Labute approximate surface area is 94.4 Å². The van der Waals surface area contributed by atoms with Crippen LogP contribution < -0.4 is 4.46 Å². The molecule has 0 amide bonds. The third-order valence-corrected chi connectivity index (χ3v) is 4.27. The molecule has 1 heterocycles. The molecule has 0 saturated heterocycles. The van der Waals surface area contributed by atoms with E-state index in [0.717, 1.165) is 0 Å². The molecular formula is C12H10SSe. The van der Waals surface area contributed by atoms with E-state index in [-0.39, 0.29) is 0 Å². The minimum atomic E-state index is 0.464. The molecule has 0 spiro atoms. The first-order valence-electron chi connectivity index (χ1n) is 4.37. The van der Waals surface area contributed by atoms with E-state index in [9.17, 15) is 0 Å². The molecule has 0 aliphatic rings. The molecule has 2 aromatic rings. The molecule has 0 nitrogen and oxygen atoms in total. The summed E-state index contributed by atoms with van der Waals surface area (Å²) in [4.78, 5) is 3.61. The first-order valence-corrected chi connectivity index (χ1v) is 7.09. The first-order chi connectivity index (χ1) is 6.95. The molecule has 14 heavy (non-hydrogen) atoms. The molecule has 0 N–H and O–H groups in total. The SMILES string of the molecule is C(=C\c1cccs1)/[Se]c1ccccc1. The van der Waals surface area contributed by atoms with Crippen LogP contribution in [0, 0.1) is 0 Å². The number of hydrogen-bond donors (Lipinski definition) is 0. The van der Waals surface area contributed by atoms with Gasteiger partial charge < -0.3 is 0 Å². The molecule has 0 radical (unpaired) electrons. The second-order valence-electron chi connectivity index (χ2n) is 2.75. The van der Waals surface area contributed by atoms with E-state index in [1.807, 2.05) is 0 Å². The third-order valence-electron chi connectivity index (χ3n) is 1.72. The van der Waals surface area contributed by atoms with Crippen molar-refractivity contribution in [3.05, 3.63) is 57.7 Å². The van der Waals surface area contributed by atoms with Gasteiger partial charge in [-0.1, -0.05) is 0 Å². The fourth-order valence-corrected chi connectivity index (χ4v) is 3.32. The quantitative estimate of drug-likeness (QED) is 0.749. The summed E-state index contributed by atoms with van der Waals surface area (Å²) in [5, 5.41) is 2.11. The Hall–Kier alpha value is -0.821. The van der Waals surface area contributed by atoms with E-state index in [0.29, 0.717) is 15.0 Å². The molecule has 0 atom stereocenters. The van der Waals surface area contributed by atoms with Crippen molar-refractivity contribution in [2.24, 2.45) is 0 Å². The molecule has 70 valence electrons. The molecule has 0 saturated carbocycles. The Kier molecular flexibility index (Phi) is 3.58. The van der Waals surface area contributed by atoms with Crippen LogP contribution in [0.2, 0.25) is 0 Å². The zero-order valence-electron chi connectivity index (χ0n) is 7.59. The predicted molar refractivity (Wildman–Crippen MR) is 65.2 cm³/mol. The van der Waals surface area contributed by atoms with Gasteiger partial charge in [-0.25, -0.2) is 0 Å². The van der Waals surface area contributed by atoms with Gasteiger partial charge in [0.2, 0.25) is 0 Å². The molecule has 1 aromatic carbocycles. The summed E-state index contributed by atoms with van der Waals surface area (Å²) < 4.78 is 1.42. The van der Waals surface area contributed by atoms with E-state index in [1.54, 1.807) is 11.3 Å². The van der Waals surface area contributed by atoms with Gasteiger partial charge in [0.15, 0.2) is 0 Å². The van der Waals surface area contributed by atoms with E-state index in [4.69, 9.17) is 0 Å². The molecule has 0 fully saturated rings. The third kappa shape index (κ3) is 2.84. The van der Waals surface area contributed by atoms with Gasteiger partial charge in [0.1, 0.15) is 0 Å². The molecule has 1 aromatic heterocycles. The molecule has 2 rings (SSSR count). The van der Waals surface area contributed by atoms with Crippen LogP contribution in [-0.2, 0) is 0 Å². The van der Waals surface area contributed by atoms with Crippen molar-refractivity contribution in [1.29, 1.82) is 0 Å². The Balaban J connectivity index is 1.95. The van der Waals surface area contributed by atoms with Gasteiger partial charge in [0.05, 0.1) is 0 Å². The predicted octanol–water partition coefficient (Wildman–Crippen LogP) is 2.75. The Morgan fingerprint density at radius 1 is 1.00 bits per heavy atom.